The highest BCUT2D eigenvalue weighted by Gasteiger charge is 2.04. The number of nitrogens with one attached hydrogen (secondary N) is 2. The summed E-state index contributed by atoms with van der Waals surface area (Å²) in [6.07, 6.45) is 1.44. The fourth-order valence-electron chi connectivity index (χ4n) is 1.95. The minimum absolute atomic E-state index is 0.0213. The Hall–Kier alpha value is -1.84. The van der Waals surface area contributed by atoms with Gasteiger partial charge in [-0.2, -0.15) is 0 Å². The SMILES string of the molecule is CC(=O)NCCNC(=O)Cc1ccc(CC(C)C)cc1. The number of benzene rings is 1. The van der Waals surface area contributed by atoms with Crippen molar-refractivity contribution in [2.75, 3.05) is 13.1 Å². The van der Waals surface area contributed by atoms with E-state index < -0.39 is 0 Å². The van der Waals surface area contributed by atoms with Gasteiger partial charge in [0.15, 0.2) is 0 Å². The molecule has 0 saturated carbocycles. The topological polar surface area (TPSA) is 58.2 Å². The Balaban J connectivity index is 2.32. The smallest absolute Gasteiger partial charge is 0.224 e. The normalized spacial score (nSPS) is 10.4. The highest BCUT2D eigenvalue weighted by Crippen LogP contribution is 2.10. The molecule has 0 aliphatic rings. The molecule has 4 heteroatoms. The van der Waals surface area contributed by atoms with Crippen molar-refractivity contribution < 1.29 is 9.59 Å². The third-order valence-electron chi connectivity index (χ3n) is 2.85. The summed E-state index contributed by atoms with van der Waals surface area (Å²) in [4.78, 5) is 22.4. The molecule has 0 radical (unpaired) electrons. The van der Waals surface area contributed by atoms with Gasteiger partial charge in [0, 0.05) is 20.0 Å². The van der Waals surface area contributed by atoms with E-state index >= 15 is 0 Å². The van der Waals surface area contributed by atoms with Crippen molar-refractivity contribution in [3.63, 3.8) is 0 Å². The van der Waals surface area contributed by atoms with E-state index in [1.165, 1.54) is 12.5 Å². The summed E-state index contributed by atoms with van der Waals surface area (Å²) in [5.41, 5.74) is 2.31. The Morgan fingerprint density at radius 1 is 1.00 bits per heavy atom. The van der Waals surface area contributed by atoms with E-state index in [1.807, 2.05) is 12.1 Å². The summed E-state index contributed by atoms with van der Waals surface area (Å²) >= 11 is 0. The van der Waals surface area contributed by atoms with Gasteiger partial charge in [0.25, 0.3) is 0 Å². The molecule has 110 valence electrons. The maximum atomic E-state index is 11.7. The van der Waals surface area contributed by atoms with Gasteiger partial charge in [-0.05, 0) is 23.5 Å². The molecule has 0 unspecified atom stereocenters. The Morgan fingerprint density at radius 2 is 1.55 bits per heavy atom. The van der Waals surface area contributed by atoms with Crippen LogP contribution in [0.5, 0.6) is 0 Å². The lowest BCUT2D eigenvalue weighted by molar-refractivity contribution is -0.121. The number of amides is 2. The van der Waals surface area contributed by atoms with Crippen LogP contribution in [0.15, 0.2) is 24.3 Å². The molecule has 2 amide bonds. The van der Waals surface area contributed by atoms with E-state index in [4.69, 9.17) is 0 Å². The highest BCUT2D eigenvalue weighted by atomic mass is 16.2. The van der Waals surface area contributed by atoms with Crippen molar-refractivity contribution in [3.05, 3.63) is 35.4 Å². The summed E-state index contributed by atoms with van der Waals surface area (Å²) in [5.74, 6) is 0.532. The van der Waals surface area contributed by atoms with Gasteiger partial charge in [-0.1, -0.05) is 38.1 Å². The fourth-order valence-corrected chi connectivity index (χ4v) is 1.95. The monoisotopic (exact) mass is 276 g/mol. The van der Waals surface area contributed by atoms with Gasteiger partial charge in [-0.3, -0.25) is 9.59 Å². The maximum absolute atomic E-state index is 11.7. The van der Waals surface area contributed by atoms with Crippen LogP contribution in [-0.2, 0) is 22.4 Å². The molecular weight excluding hydrogens is 252 g/mol. The van der Waals surface area contributed by atoms with Gasteiger partial charge in [0.2, 0.25) is 11.8 Å². The minimum Gasteiger partial charge on any atom is -0.355 e. The Labute approximate surface area is 121 Å². The average Bonchev–Trinajstić information content (AvgIpc) is 2.36. The summed E-state index contributed by atoms with van der Waals surface area (Å²) in [6, 6.07) is 8.18. The third kappa shape index (κ3) is 6.92. The number of hydrogen-bond donors (Lipinski definition) is 2. The molecule has 1 rings (SSSR count). The van der Waals surface area contributed by atoms with Crippen LogP contribution in [0.25, 0.3) is 0 Å². The minimum atomic E-state index is -0.0833. The van der Waals surface area contributed by atoms with Crippen molar-refractivity contribution in [2.45, 2.75) is 33.6 Å². The van der Waals surface area contributed by atoms with Crippen LogP contribution in [0.1, 0.15) is 31.9 Å². The molecule has 0 heterocycles. The lowest BCUT2D eigenvalue weighted by Gasteiger charge is -2.08. The molecule has 0 spiro atoms. The second-order valence-electron chi connectivity index (χ2n) is 5.42. The van der Waals surface area contributed by atoms with E-state index in [9.17, 15) is 9.59 Å². The molecule has 4 nitrogen and oxygen atoms in total. The van der Waals surface area contributed by atoms with Crippen molar-refractivity contribution in [1.29, 1.82) is 0 Å². The van der Waals surface area contributed by atoms with Crippen LogP contribution >= 0.6 is 0 Å². The van der Waals surface area contributed by atoms with Gasteiger partial charge in [-0.25, -0.2) is 0 Å². The molecule has 20 heavy (non-hydrogen) atoms. The predicted octanol–water partition coefficient (Wildman–Crippen LogP) is 1.68. The highest BCUT2D eigenvalue weighted by molar-refractivity contribution is 5.78. The van der Waals surface area contributed by atoms with Gasteiger partial charge in [-0.15, -0.1) is 0 Å². The number of carbonyl (C=O) groups excluding carboxylic acids is 2. The molecule has 0 bridgehead atoms. The van der Waals surface area contributed by atoms with Crippen LogP contribution in [-0.4, -0.2) is 24.9 Å². The van der Waals surface area contributed by atoms with E-state index in [0.717, 1.165) is 12.0 Å². The van der Waals surface area contributed by atoms with Crippen molar-refractivity contribution in [1.82, 2.24) is 10.6 Å². The predicted molar refractivity (Wildman–Crippen MR) is 80.4 cm³/mol. The van der Waals surface area contributed by atoms with E-state index in [0.29, 0.717) is 25.4 Å². The fraction of sp³-hybridized carbons (Fsp3) is 0.500. The van der Waals surface area contributed by atoms with Crippen LogP contribution in [0.3, 0.4) is 0 Å². The first-order chi connectivity index (χ1) is 9.47. The number of rotatable bonds is 7. The van der Waals surface area contributed by atoms with Gasteiger partial charge < -0.3 is 10.6 Å². The number of carbonyl (C=O) groups is 2. The zero-order chi connectivity index (χ0) is 15.0. The lowest BCUT2D eigenvalue weighted by Crippen LogP contribution is -2.34. The largest absolute Gasteiger partial charge is 0.355 e. The first-order valence-corrected chi connectivity index (χ1v) is 7.06. The first kappa shape index (κ1) is 16.2. The summed E-state index contributed by atoms with van der Waals surface area (Å²) in [6.45, 7) is 6.77. The van der Waals surface area contributed by atoms with Crippen molar-refractivity contribution in [2.24, 2.45) is 5.92 Å². The standard InChI is InChI=1S/C16H24N2O2/c1-12(2)10-14-4-6-15(7-5-14)11-16(20)18-9-8-17-13(3)19/h4-7,12H,8-11H2,1-3H3,(H,17,19)(H,18,20). The van der Waals surface area contributed by atoms with Crippen LogP contribution in [0.2, 0.25) is 0 Å². The summed E-state index contributed by atoms with van der Waals surface area (Å²) in [5, 5.41) is 5.42. The Kier molecular flexibility index (Phi) is 6.77. The molecule has 0 saturated heterocycles. The van der Waals surface area contributed by atoms with Crippen molar-refractivity contribution in [3.8, 4) is 0 Å². The first-order valence-electron chi connectivity index (χ1n) is 7.06. The van der Waals surface area contributed by atoms with Gasteiger partial charge in [0.1, 0.15) is 0 Å². The van der Waals surface area contributed by atoms with Crippen molar-refractivity contribution >= 4 is 11.8 Å². The molecule has 1 aromatic carbocycles. The third-order valence-corrected chi connectivity index (χ3v) is 2.85. The molecular formula is C16H24N2O2. The second-order valence-corrected chi connectivity index (χ2v) is 5.42. The molecule has 0 aliphatic heterocycles. The van der Waals surface area contributed by atoms with E-state index in [-0.39, 0.29) is 11.8 Å². The van der Waals surface area contributed by atoms with Gasteiger partial charge in [0.05, 0.1) is 6.42 Å². The molecule has 0 atom stereocenters. The van der Waals surface area contributed by atoms with E-state index in [2.05, 4.69) is 36.6 Å². The molecule has 0 aromatic heterocycles. The zero-order valence-electron chi connectivity index (χ0n) is 12.5. The van der Waals surface area contributed by atoms with Crippen LogP contribution < -0.4 is 10.6 Å². The molecule has 0 aliphatic carbocycles. The van der Waals surface area contributed by atoms with Crippen LogP contribution in [0.4, 0.5) is 0 Å². The summed E-state index contributed by atoms with van der Waals surface area (Å²) in [7, 11) is 0. The lowest BCUT2D eigenvalue weighted by atomic mass is 10.0. The zero-order valence-corrected chi connectivity index (χ0v) is 12.5. The second kappa shape index (κ2) is 8.35. The quantitative estimate of drug-likeness (QED) is 0.744. The molecule has 1 aromatic rings. The average molecular weight is 276 g/mol. The number of hydrogen-bond acceptors (Lipinski definition) is 2. The maximum Gasteiger partial charge on any atom is 0.224 e. The van der Waals surface area contributed by atoms with E-state index in [1.54, 1.807) is 0 Å². The summed E-state index contributed by atoms with van der Waals surface area (Å²) < 4.78 is 0. The van der Waals surface area contributed by atoms with Crippen LogP contribution in [0, 0.1) is 5.92 Å². The van der Waals surface area contributed by atoms with Gasteiger partial charge >= 0.3 is 0 Å². The molecule has 2 N–H and O–H groups in total. The Bertz CT molecular complexity index is 438. The Morgan fingerprint density at radius 3 is 2.10 bits per heavy atom. The molecule has 0 fully saturated rings.